The van der Waals surface area contributed by atoms with Gasteiger partial charge in [-0.1, -0.05) is 54.6 Å². The Labute approximate surface area is 150 Å². The van der Waals surface area contributed by atoms with E-state index in [-0.39, 0.29) is 0 Å². The highest BCUT2D eigenvalue weighted by Gasteiger charge is 2.29. The molecular weight excluding hydrogens is 304 g/mol. The Kier molecular flexibility index (Phi) is 4.46. The maximum absolute atomic E-state index is 3.89. The number of fused-ring (bicyclic) bond motifs is 3. The summed E-state index contributed by atoms with van der Waals surface area (Å²) in [5.41, 5.74) is 5.78. The first-order valence-electron chi connectivity index (χ1n) is 9.28. The Hall–Kier alpha value is -2.32. The lowest BCUT2D eigenvalue weighted by atomic mass is 9.98. The normalized spacial score (nSPS) is 17.6. The van der Waals surface area contributed by atoms with Crippen LogP contribution in [0.4, 0.5) is 0 Å². The van der Waals surface area contributed by atoms with Gasteiger partial charge < -0.3 is 4.57 Å². The Morgan fingerprint density at radius 3 is 2.64 bits per heavy atom. The summed E-state index contributed by atoms with van der Waals surface area (Å²) in [5.74, 6) is 0. The van der Waals surface area contributed by atoms with Gasteiger partial charge >= 0.3 is 0 Å². The van der Waals surface area contributed by atoms with Crippen molar-refractivity contribution in [3.8, 4) is 0 Å². The molecule has 1 aromatic heterocycles. The van der Waals surface area contributed by atoms with Crippen LogP contribution < -0.4 is 0 Å². The maximum atomic E-state index is 3.89. The third-order valence-electron chi connectivity index (χ3n) is 5.52. The molecule has 4 rings (SSSR count). The van der Waals surface area contributed by atoms with Crippen LogP contribution in [0.1, 0.15) is 36.2 Å². The predicted octanol–water partition coefficient (Wildman–Crippen LogP) is 5.18. The summed E-state index contributed by atoms with van der Waals surface area (Å²) in [5, 5.41) is 1.43. The fourth-order valence-electron chi connectivity index (χ4n) is 4.26. The SMILES string of the molecule is C=CCCN1CCc2c(n(Cc3ccccc3)c3ccccc23)C1C. The number of hydrogen-bond acceptors (Lipinski definition) is 1. The first-order valence-corrected chi connectivity index (χ1v) is 9.28. The Morgan fingerprint density at radius 1 is 1.08 bits per heavy atom. The van der Waals surface area contributed by atoms with E-state index in [0.29, 0.717) is 6.04 Å². The first kappa shape index (κ1) is 16.2. The molecule has 0 radical (unpaired) electrons. The van der Waals surface area contributed by atoms with Crippen LogP contribution in [0, 0.1) is 0 Å². The Morgan fingerprint density at radius 2 is 1.84 bits per heavy atom. The van der Waals surface area contributed by atoms with Gasteiger partial charge in [0.05, 0.1) is 0 Å². The minimum atomic E-state index is 0.444. The van der Waals surface area contributed by atoms with Gasteiger partial charge in [-0.3, -0.25) is 4.90 Å². The average Bonchev–Trinajstić information content (AvgIpc) is 2.97. The van der Waals surface area contributed by atoms with E-state index in [2.05, 4.69) is 77.6 Å². The second-order valence-corrected chi connectivity index (χ2v) is 6.99. The summed E-state index contributed by atoms with van der Waals surface area (Å²) in [6.45, 7) is 9.43. The summed E-state index contributed by atoms with van der Waals surface area (Å²) in [7, 11) is 0. The van der Waals surface area contributed by atoms with E-state index in [9.17, 15) is 0 Å². The number of hydrogen-bond donors (Lipinski definition) is 0. The van der Waals surface area contributed by atoms with Gasteiger partial charge in [0.2, 0.25) is 0 Å². The van der Waals surface area contributed by atoms with Crippen molar-refractivity contribution in [2.24, 2.45) is 0 Å². The highest BCUT2D eigenvalue weighted by molar-refractivity contribution is 5.86. The highest BCUT2D eigenvalue weighted by atomic mass is 15.2. The van der Waals surface area contributed by atoms with Crippen LogP contribution in [0.3, 0.4) is 0 Å². The molecule has 0 N–H and O–H groups in total. The van der Waals surface area contributed by atoms with Crippen LogP contribution in [0.2, 0.25) is 0 Å². The third kappa shape index (κ3) is 2.91. The zero-order valence-electron chi connectivity index (χ0n) is 15.0. The Balaban J connectivity index is 1.81. The lowest BCUT2D eigenvalue weighted by molar-refractivity contribution is 0.195. The van der Waals surface area contributed by atoms with Crippen LogP contribution in [-0.4, -0.2) is 22.6 Å². The van der Waals surface area contributed by atoms with E-state index in [1.807, 2.05) is 6.08 Å². The average molecular weight is 330 g/mol. The fourth-order valence-corrected chi connectivity index (χ4v) is 4.26. The summed E-state index contributed by atoms with van der Waals surface area (Å²) < 4.78 is 2.55. The smallest absolute Gasteiger partial charge is 0.0489 e. The van der Waals surface area contributed by atoms with Gasteiger partial charge in [-0.05, 0) is 37.0 Å². The largest absolute Gasteiger partial charge is 0.338 e. The molecule has 3 aromatic rings. The van der Waals surface area contributed by atoms with Crippen LogP contribution in [0.15, 0.2) is 67.3 Å². The van der Waals surface area contributed by atoms with Crippen molar-refractivity contribution in [2.75, 3.05) is 13.1 Å². The summed E-state index contributed by atoms with van der Waals surface area (Å²) in [6.07, 6.45) is 4.22. The van der Waals surface area contributed by atoms with Crippen molar-refractivity contribution in [3.63, 3.8) is 0 Å². The lowest BCUT2D eigenvalue weighted by Gasteiger charge is -2.35. The van der Waals surface area contributed by atoms with Gasteiger partial charge in [-0.25, -0.2) is 0 Å². The van der Waals surface area contributed by atoms with Gasteiger partial charge in [0.25, 0.3) is 0 Å². The van der Waals surface area contributed by atoms with Gasteiger partial charge in [-0.2, -0.15) is 0 Å². The van der Waals surface area contributed by atoms with Crippen molar-refractivity contribution in [1.29, 1.82) is 0 Å². The van der Waals surface area contributed by atoms with Crippen molar-refractivity contribution < 1.29 is 0 Å². The van der Waals surface area contributed by atoms with Crippen molar-refractivity contribution in [2.45, 2.75) is 32.4 Å². The van der Waals surface area contributed by atoms with E-state index in [0.717, 1.165) is 32.5 Å². The van der Waals surface area contributed by atoms with Gasteiger partial charge in [0, 0.05) is 42.3 Å². The molecule has 0 amide bonds. The number of para-hydroxylation sites is 1. The van der Waals surface area contributed by atoms with E-state index >= 15 is 0 Å². The molecule has 1 atom stereocenters. The molecule has 0 spiro atoms. The number of rotatable bonds is 5. The molecule has 25 heavy (non-hydrogen) atoms. The highest BCUT2D eigenvalue weighted by Crippen LogP contribution is 2.37. The van der Waals surface area contributed by atoms with Gasteiger partial charge in [-0.15, -0.1) is 6.58 Å². The minimum absolute atomic E-state index is 0.444. The first-order chi connectivity index (χ1) is 12.3. The van der Waals surface area contributed by atoms with Gasteiger partial charge in [0.15, 0.2) is 0 Å². The van der Waals surface area contributed by atoms with E-state index in [1.54, 1.807) is 5.56 Å². The molecule has 2 aromatic carbocycles. The fraction of sp³-hybridized carbons (Fsp3) is 0.304. The molecule has 2 heteroatoms. The second-order valence-electron chi connectivity index (χ2n) is 6.99. The van der Waals surface area contributed by atoms with E-state index < -0.39 is 0 Å². The quantitative estimate of drug-likeness (QED) is 0.585. The summed E-state index contributed by atoms with van der Waals surface area (Å²) in [4.78, 5) is 2.60. The Bertz CT molecular complexity index is 876. The van der Waals surface area contributed by atoms with Crippen molar-refractivity contribution in [1.82, 2.24) is 9.47 Å². The topological polar surface area (TPSA) is 8.17 Å². The molecule has 1 unspecified atom stereocenters. The summed E-state index contributed by atoms with van der Waals surface area (Å²) in [6, 6.07) is 20.2. The van der Waals surface area contributed by atoms with Crippen LogP contribution >= 0.6 is 0 Å². The zero-order chi connectivity index (χ0) is 17.2. The van der Waals surface area contributed by atoms with Crippen LogP contribution in [-0.2, 0) is 13.0 Å². The van der Waals surface area contributed by atoms with Crippen molar-refractivity contribution in [3.05, 3.63) is 84.1 Å². The molecule has 0 aliphatic carbocycles. The number of aromatic nitrogens is 1. The number of benzene rings is 2. The molecule has 0 bridgehead atoms. The molecule has 2 nitrogen and oxygen atoms in total. The minimum Gasteiger partial charge on any atom is -0.338 e. The second kappa shape index (κ2) is 6.89. The molecule has 1 aliphatic rings. The molecule has 0 saturated carbocycles. The van der Waals surface area contributed by atoms with E-state index in [4.69, 9.17) is 0 Å². The molecule has 0 saturated heterocycles. The molecular formula is C23H26N2. The zero-order valence-corrected chi connectivity index (χ0v) is 15.0. The lowest BCUT2D eigenvalue weighted by Crippen LogP contribution is -2.35. The van der Waals surface area contributed by atoms with Crippen molar-refractivity contribution >= 4 is 10.9 Å². The standard InChI is InChI=1S/C23H26N2/c1-3-4-15-24-16-14-21-20-12-8-9-13-22(20)25(23(21)18(24)2)17-19-10-6-5-7-11-19/h3,5-13,18H,1,4,14-17H2,2H3. The molecule has 128 valence electrons. The molecule has 1 aliphatic heterocycles. The third-order valence-corrected chi connectivity index (χ3v) is 5.52. The molecule has 2 heterocycles. The van der Waals surface area contributed by atoms with Crippen LogP contribution in [0.5, 0.6) is 0 Å². The van der Waals surface area contributed by atoms with E-state index in [1.165, 1.54) is 22.2 Å². The van der Waals surface area contributed by atoms with Crippen LogP contribution in [0.25, 0.3) is 10.9 Å². The number of nitrogens with zero attached hydrogens (tertiary/aromatic N) is 2. The molecule has 0 fully saturated rings. The monoisotopic (exact) mass is 330 g/mol. The predicted molar refractivity (Wildman–Crippen MR) is 106 cm³/mol. The summed E-state index contributed by atoms with van der Waals surface area (Å²) >= 11 is 0. The van der Waals surface area contributed by atoms with Gasteiger partial charge in [0.1, 0.15) is 0 Å². The maximum Gasteiger partial charge on any atom is 0.0489 e.